The Morgan fingerprint density at radius 1 is 0.970 bits per heavy atom. The highest BCUT2D eigenvalue weighted by Gasteiger charge is 2.61. The maximum absolute atomic E-state index is 13.7. The topological polar surface area (TPSA) is 74.8 Å². The van der Waals surface area contributed by atoms with Crippen molar-refractivity contribution >= 4 is 35.1 Å². The molecule has 0 radical (unpaired) electrons. The fourth-order valence-corrected chi connectivity index (χ4v) is 5.58. The first kappa shape index (κ1) is 21.6. The number of hydrogen-bond acceptors (Lipinski definition) is 4. The molecule has 5 rings (SSSR count). The van der Waals surface area contributed by atoms with Gasteiger partial charge in [-0.3, -0.25) is 19.2 Å². The average Bonchev–Trinajstić information content (AvgIpc) is 3.49. The molecule has 0 aromatic heterocycles. The Balaban J connectivity index is 1.56. The lowest BCUT2D eigenvalue weighted by Gasteiger charge is -2.35. The van der Waals surface area contributed by atoms with Gasteiger partial charge in [-0.15, -0.1) is 0 Å². The smallest absolute Gasteiger partial charge is 0.275 e. The molecule has 0 spiro atoms. The summed E-state index contributed by atoms with van der Waals surface area (Å²) in [6.07, 6.45) is 4.75. The van der Waals surface area contributed by atoms with Gasteiger partial charge >= 0.3 is 0 Å². The van der Waals surface area contributed by atoms with Crippen LogP contribution in [0.1, 0.15) is 39.6 Å². The maximum Gasteiger partial charge on any atom is 0.275 e. The summed E-state index contributed by atoms with van der Waals surface area (Å²) in [5.74, 6) is -2.88. The molecule has 2 bridgehead atoms. The molecule has 6 nitrogen and oxygen atoms in total. The normalized spacial score (nSPS) is 26.0. The van der Waals surface area contributed by atoms with Crippen LogP contribution in [0.25, 0.3) is 0 Å². The minimum absolute atomic E-state index is 0.0122. The summed E-state index contributed by atoms with van der Waals surface area (Å²) in [5.41, 5.74) is 1.51. The second kappa shape index (κ2) is 7.96. The second-order valence-electron chi connectivity index (χ2n) is 9.02. The van der Waals surface area contributed by atoms with Crippen molar-refractivity contribution in [3.63, 3.8) is 0 Å². The molecule has 2 aromatic carbocycles. The number of rotatable bonds is 5. The summed E-state index contributed by atoms with van der Waals surface area (Å²) in [7, 11) is 0. The van der Waals surface area contributed by atoms with Crippen LogP contribution in [0.15, 0.2) is 60.7 Å². The summed E-state index contributed by atoms with van der Waals surface area (Å²) in [6, 6.07) is 12.3. The van der Waals surface area contributed by atoms with Crippen LogP contribution in [0, 0.1) is 30.6 Å². The zero-order chi connectivity index (χ0) is 23.4. The number of ketones is 1. The highest BCUT2D eigenvalue weighted by atomic mass is 35.5. The SMILES string of the molecule is Cc1ccc(C(=O)[C@H](C)N(C(=O)c2ccccc2Cl)N2C(=O)[C@@H]3[C@H](C2=O)[C@H]2C=C[C@H]3C2)cc1. The number of nitrogens with zero attached hydrogens (tertiary/aromatic N) is 2. The molecule has 1 aliphatic heterocycles. The molecule has 3 aliphatic rings. The number of benzene rings is 2. The van der Waals surface area contributed by atoms with Crippen LogP contribution in [-0.2, 0) is 9.59 Å². The Bertz CT molecular complexity index is 1180. The number of carbonyl (C=O) groups excluding carboxylic acids is 4. The van der Waals surface area contributed by atoms with Gasteiger partial charge in [0.15, 0.2) is 5.78 Å². The van der Waals surface area contributed by atoms with E-state index in [2.05, 4.69) is 0 Å². The standard InChI is InChI=1S/C26H23ClN2O4/c1-14-7-9-16(10-8-14)23(30)15(2)28(24(31)19-5-3-4-6-20(19)27)29-25(32)21-17-11-12-18(13-17)22(21)26(29)33/h3-12,15,17-18,21-22H,13H2,1-2H3/t15-,17-,18-,21-,22+/m0/s1. The number of Topliss-reactive ketones (excluding diaryl/α,β-unsaturated/α-hetero) is 1. The highest BCUT2D eigenvalue weighted by Crippen LogP contribution is 2.53. The van der Waals surface area contributed by atoms with Crippen LogP contribution >= 0.6 is 11.6 Å². The Morgan fingerprint density at radius 3 is 2.12 bits per heavy atom. The van der Waals surface area contributed by atoms with Crippen molar-refractivity contribution in [2.24, 2.45) is 23.7 Å². The van der Waals surface area contributed by atoms with Gasteiger partial charge in [-0.2, -0.15) is 5.01 Å². The number of amides is 3. The Kier molecular flexibility index (Phi) is 5.20. The number of hydrazine groups is 1. The third-order valence-electron chi connectivity index (χ3n) is 7.06. The minimum Gasteiger partial charge on any atom is -0.292 e. The molecule has 1 saturated carbocycles. The van der Waals surface area contributed by atoms with Gasteiger partial charge in [-0.25, -0.2) is 5.01 Å². The third kappa shape index (κ3) is 3.32. The summed E-state index contributed by atoms with van der Waals surface area (Å²) < 4.78 is 0. The van der Waals surface area contributed by atoms with Crippen LogP contribution in [0.5, 0.6) is 0 Å². The molecule has 5 atom stereocenters. The maximum atomic E-state index is 13.7. The first-order chi connectivity index (χ1) is 15.8. The van der Waals surface area contributed by atoms with Crippen LogP contribution < -0.4 is 0 Å². The van der Waals surface area contributed by atoms with Gasteiger partial charge in [0.1, 0.15) is 6.04 Å². The van der Waals surface area contributed by atoms with E-state index in [4.69, 9.17) is 11.6 Å². The number of fused-ring (bicyclic) bond motifs is 5. The van der Waals surface area contributed by atoms with Gasteiger partial charge in [-0.1, -0.05) is 65.7 Å². The predicted octanol–water partition coefficient (Wildman–Crippen LogP) is 4.08. The highest BCUT2D eigenvalue weighted by molar-refractivity contribution is 6.34. The molecule has 7 heteroatoms. The Morgan fingerprint density at radius 2 is 1.55 bits per heavy atom. The molecule has 0 unspecified atom stereocenters. The molecular weight excluding hydrogens is 440 g/mol. The summed E-state index contributed by atoms with van der Waals surface area (Å²) in [4.78, 5) is 54.1. The van der Waals surface area contributed by atoms with Crippen LogP contribution in [-0.4, -0.2) is 39.6 Å². The van der Waals surface area contributed by atoms with E-state index in [-0.39, 0.29) is 28.2 Å². The first-order valence-corrected chi connectivity index (χ1v) is 11.4. The second-order valence-corrected chi connectivity index (χ2v) is 9.43. The van der Waals surface area contributed by atoms with Gasteiger partial charge in [0.2, 0.25) is 0 Å². The van der Waals surface area contributed by atoms with E-state index in [1.54, 1.807) is 49.4 Å². The zero-order valence-electron chi connectivity index (χ0n) is 18.3. The number of allylic oxidation sites excluding steroid dienone is 2. The molecule has 1 heterocycles. The van der Waals surface area contributed by atoms with E-state index in [1.165, 1.54) is 6.07 Å². The molecule has 2 aliphatic carbocycles. The largest absolute Gasteiger partial charge is 0.292 e. The van der Waals surface area contributed by atoms with E-state index in [1.807, 2.05) is 19.1 Å². The lowest BCUT2D eigenvalue weighted by molar-refractivity contribution is -0.157. The molecule has 2 aromatic rings. The van der Waals surface area contributed by atoms with Crippen molar-refractivity contribution in [3.8, 4) is 0 Å². The van der Waals surface area contributed by atoms with Crippen molar-refractivity contribution in [2.45, 2.75) is 26.3 Å². The monoisotopic (exact) mass is 462 g/mol. The zero-order valence-corrected chi connectivity index (χ0v) is 19.0. The lowest BCUT2D eigenvalue weighted by Crippen LogP contribution is -2.57. The van der Waals surface area contributed by atoms with Crippen molar-refractivity contribution in [1.29, 1.82) is 0 Å². The molecule has 1 saturated heterocycles. The Labute approximate surface area is 196 Å². The Hall–Kier alpha value is -3.25. The van der Waals surface area contributed by atoms with E-state index in [0.717, 1.165) is 22.0 Å². The molecule has 168 valence electrons. The first-order valence-electron chi connectivity index (χ1n) is 11.0. The van der Waals surface area contributed by atoms with Gasteiger partial charge in [0.25, 0.3) is 17.7 Å². The molecular formula is C26H23ClN2O4. The van der Waals surface area contributed by atoms with Gasteiger partial charge in [-0.05, 0) is 44.2 Å². The fourth-order valence-electron chi connectivity index (χ4n) is 5.37. The third-order valence-corrected chi connectivity index (χ3v) is 7.39. The van der Waals surface area contributed by atoms with Crippen molar-refractivity contribution in [1.82, 2.24) is 10.0 Å². The average molecular weight is 463 g/mol. The summed E-state index contributed by atoms with van der Waals surface area (Å²) in [6.45, 7) is 3.45. The number of imide groups is 1. The van der Waals surface area contributed by atoms with Crippen LogP contribution in [0.3, 0.4) is 0 Å². The number of carbonyl (C=O) groups is 4. The molecule has 2 fully saturated rings. The van der Waals surface area contributed by atoms with Crippen LogP contribution in [0.2, 0.25) is 5.02 Å². The van der Waals surface area contributed by atoms with Crippen molar-refractivity contribution in [2.75, 3.05) is 0 Å². The minimum atomic E-state index is -1.09. The van der Waals surface area contributed by atoms with Crippen molar-refractivity contribution in [3.05, 3.63) is 82.4 Å². The molecule has 0 N–H and O–H groups in total. The molecule has 3 amide bonds. The summed E-state index contributed by atoms with van der Waals surface area (Å²) in [5, 5.41) is 2.12. The van der Waals surface area contributed by atoms with E-state index in [0.29, 0.717) is 5.56 Å². The lowest BCUT2D eigenvalue weighted by atomic mass is 9.85. The van der Waals surface area contributed by atoms with E-state index < -0.39 is 35.6 Å². The van der Waals surface area contributed by atoms with Gasteiger partial charge in [0, 0.05) is 5.56 Å². The number of halogens is 1. The summed E-state index contributed by atoms with van der Waals surface area (Å²) >= 11 is 6.28. The van der Waals surface area contributed by atoms with Gasteiger partial charge in [0.05, 0.1) is 22.4 Å². The van der Waals surface area contributed by atoms with Crippen LogP contribution in [0.4, 0.5) is 0 Å². The van der Waals surface area contributed by atoms with Crippen molar-refractivity contribution < 1.29 is 19.2 Å². The number of hydrogen-bond donors (Lipinski definition) is 0. The predicted molar refractivity (Wildman–Crippen MR) is 122 cm³/mol. The van der Waals surface area contributed by atoms with E-state index in [9.17, 15) is 19.2 Å². The van der Waals surface area contributed by atoms with Gasteiger partial charge < -0.3 is 0 Å². The molecule has 33 heavy (non-hydrogen) atoms. The van der Waals surface area contributed by atoms with E-state index >= 15 is 0 Å². The quantitative estimate of drug-likeness (QED) is 0.381. The number of aryl methyl sites for hydroxylation is 1. The fraction of sp³-hybridized carbons (Fsp3) is 0.308.